The largest absolute Gasteiger partial charge is 0.493 e. The number of para-hydroxylation sites is 1. The van der Waals surface area contributed by atoms with Gasteiger partial charge < -0.3 is 19.5 Å². The number of nitrogens with zero attached hydrogens (tertiary/aromatic N) is 3. The van der Waals surface area contributed by atoms with Crippen LogP contribution in [0.15, 0.2) is 47.3 Å². The number of rotatable bonds is 9. The van der Waals surface area contributed by atoms with Gasteiger partial charge in [-0.05, 0) is 37.1 Å². The van der Waals surface area contributed by atoms with E-state index in [-0.39, 0.29) is 30.4 Å². The zero-order chi connectivity index (χ0) is 22.7. The summed E-state index contributed by atoms with van der Waals surface area (Å²) in [5, 5.41) is 7.38. The van der Waals surface area contributed by atoms with Gasteiger partial charge in [0, 0.05) is 12.5 Å². The summed E-state index contributed by atoms with van der Waals surface area (Å²) in [4.78, 5) is 25.8. The van der Waals surface area contributed by atoms with Gasteiger partial charge in [0.2, 0.25) is 5.75 Å². The van der Waals surface area contributed by atoms with Crippen molar-refractivity contribution in [1.82, 2.24) is 19.7 Å². The summed E-state index contributed by atoms with van der Waals surface area (Å²) in [6.07, 6.45) is 2.05. The van der Waals surface area contributed by atoms with Crippen LogP contribution in [-0.4, -0.2) is 48.1 Å². The highest BCUT2D eigenvalue weighted by atomic mass is 16.5. The molecule has 1 aromatic heterocycles. The number of ether oxygens (including phenoxy) is 3. The van der Waals surface area contributed by atoms with Crippen molar-refractivity contribution in [2.45, 2.75) is 25.3 Å². The lowest BCUT2D eigenvalue weighted by atomic mass is 10.1. The monoisotopic (exact) mass is 438 g/mol. The molecule has 4 rings (SSSR count). The number of aromatic nitrogens is 3. The molecule has 1 amide bonds. The third-order valence-corrected chi connectivity index (χ3v) is 5.38. The number of carbonyl (C=O) groups excluding carboxylic acids is 1. The van der Waals surface area contributed by atoms with Crippen LogP contribution in [0.1, 0.15) is 34.9 Å². The predicted octanol–water partition coefficient (Wildman–Crippen LogP) is 2.37. The maximum absolute atomic E-state index is 13.0. The van der Waals surface area contributed by atoms with Crippen molar-refractivity contribution < 1.29 is 19.0 Å². The van der Waals surface area contributed by atoms with Crippen LogP contribution in [0.25, 0.3) is 5.69 Å². The van der Waals surface area contributed by atoms with E-state index in [1.165, 1.54) is 26.0 Å². The molecule has 3 aromatic rings. The first-order chi connectivity index (χ1) is 15.6. The van der Waals surface area contributed by atoms with Crippen LogP contribution in [-0.2, 0) is 6.54 Å². The summed E-state index contributed by atoms with van der Waals surface area (Å²) in [6.45, 7) is 0.478. The van der Waals surface area contributed by atoms with Gasteiger partial charge in [-0.1, -0.05) is 18.2 Å². The molecule has 0 saturated heterocycles. The Morgan fingerprint density at radius 2 is 1.75 bits per heavy atom. The summed E-state index contributed by atoms with van der Waals surface area (Å²) >= 11 is 0. The Kier molecular flexibility index (Phi) is 6.16. The molecule has 1 saturated carbocycles. The molecule has 1 N–H and O–H groups in total. The minimum atomic E-state index is -0.347. The molecule has 2 aromatic carbocycles. The van der Waals surface area contributed by atoms with Gasteiger partial charge in [0.1, 0.15) is 5.82 Å². The fourth-order valence-corrected chi connectivity index (χ4v) is 3.65. The number of methoxy groups -OCH3 is 3. The highest BCUT2D eigenvalue weighted by Crippen LogP contribution is 2.40. The van der Waals surface area contributed by atoms with Crippen molar-refractivity contribution >= 4 is 5.91 Å². The van der Waals surface area contributed by atoms with E-state index in [1.807, 2.05) is 30.3 Å². The number of hydrogen-bond donors (Lipinski definition) is 1. The van der Waals surface area contributed by atoms with Gasteiger partial charge in [0.25, 0.3) is 5.91 Å². The third-order valence-electron chi connectivity index (χ3n) is 5.38. The van der Waals surface area contributed by atoms with E-state index in [9.17, 15) is 9.59 Å². The average molecular weight is 438 g/mol. The van der Waals surface area contributed by atoms with Gasteiger partial charge in [-0.15, -0.1) is 0 Å². The molecule has 0 aliphatic heterocycles. The lowest BCUT2D eigenvalue weighted by molar-refractivity contribution is 0.0948. The molecule has 168 valence electrons. The summed E-state index contributed by atoms with van der Waals surface area (Å²) < 4.78 is 19.0. The molecule has 0 atom stereocenters. The van der Waals surface area contributed by atoms with Gasteiger partial charge in [-0.2, -0.15) is 5.10 Å². The Morgan fingerprint density at radius 1 is 1.03 bits per heavy atom. The quantitative estimate of drug-likeness (QED) is 0.551. The summed E-state index contributed by atoms with van der Waals surface area (Å²) in [5.74, 6) is 1.82. The molecule has 9 heteroatoms. The second-order valence-electron chi connectivity index (χ2n) is 7.45. The molecule has 0 radical (unpaired) electrons. The standard InChI is InChI=1S/C23H26N4O5/c1-30-18-12-11-17(19(31-2)20(18)32-3)22(28)24-13-14-26-23(29)27(16-7-5-4-6-8-16)21(25-26)15-9-10-15/h4-8,11-12,15H,9-10,13-14H2,1-3H3,(H,24,28). The Bertz CT molecular complexity index is 1170. The van der Waals surface area contributed by atoms with E-state index in [4.69, 9.17) is 14.2 Å². The second-order valence-corrected chi connectivity index (χ2v) is 7.45. The van der Waals surface area contributed by atoms with Crippen LogP contribution < -0.4 is 25.2 Å². The normalized spacial score (nSPS) is 13.0. The zero-order valence-electron chi connectivity index (χ0n) is 18.3. The second kappa shape index (κ2) is 9.17. The van der Waals surface area contributed by atoms with E-state index in [0.29, 0.717) is 23.0 Å². The first-order valence-electron chi connectivity index (χ1n) is 10.4. The molecule has 1 aliphatic carbocycles. The number of nitrogens with one attached hydrogen (secondary N) is 1. The minimum absolute atomic E-state index is 0.212. The first kappa shape index (κ1) is 21.5. The number of hydrogen-bond acceptors (Lipinski definition) is 6. The topological polar surface area (TPSA) is 96.6 Å². The van der Waals surface area contributed by atoms with E-state index >= 15 is 0 Å². The fraction of sp³-hybridized carbons (Fsp3) is 0.348. The predicted molar refractivity (Wildman–Crippen MR) is 118 cm³/mol. The number of amides is 1. The van der Waals surface area contributed by atoms with Crippen LogP contribution in [0.2, 0.25) is 0 Å². The van der Waals surface area contributed by atoms with Crippen LogP contribution >= 0.6 is 0 Å². The van der Waals surface area contributed by atoms with Gasteiger partial charge in [0.05, 0.1) is 39.1 Å². The van der Waals surface area contributed by atoms with Gasteiger partial charge in [-0.3, -0.25) is 4.79 Å². The Labute approximate surface area is 185 Å². The maximum atomic E-state index is 13.0. The molecule has 0 spiro atoms. The van der Waals surface area contributed by atoms with Crippen LogP contribution in [0.5, 0.6) is 17.2 Å². The molecular formula is C23H26N4O5. The molecule has 32 heavy (non-hydrogen) atoms. The van der Waals surface area contributed by atoms with E-state index in [2.05, 4.69) is 10.4 Å². The minimum Gasteiger partial charge on any atom is -0.493 e. The highest BCUT2D eigenvalue weighted by Gasteiger charge is 2.31. The van der Waals surface area contributed by atoms with Crippen LogP contribution in [0.3, 0.4) is 0 Å². The maximum Gasteiger partial charge on any atom is 0.350 e. The molecule has 1 heterocycles. The van der Waals surface area contributed by atoms with Crippen molar-refractivity contribution in [2.24, 2.45) is 0 Å². The van der Waals surface area contributed by atoms with Crippen molar-refractivity contribution in [1.29, 1.82) is 0 Å². The average Bonchev–Trinajstić information content (AvgIpc) is 3.62. The third kappa shape index (κ3) is 4.05. The Hall–Kier alpha value is -3.75. The van der Waals surface area contributed by atoms with Crippen LogP contribution in [0, 0.1) is 0 Å². The zero-order valence-corrected chi connectivity index (χ0v) is 18.3. The van der Waals surface area contributed by atoms with Crippen LogP contribution in [0.4, 0.5) is 0 Å². The van der Waals surface area contributed by atoms with Gasteiger partial charge in [-0.25, -0.2) is 14.0 Å². The van der Waals surface area contributed by atoms with Gasteiger partial charge in [0.15, 0.2) is 11.5 Å². The summed E-state index contributed by atoms with van der Waals surface area (Å²) in [5.41, 5.74) is 0.895. The molecule has 1 aliphatic rings. The van der Waals surface area contributed by atoms with E-state index in [0.717, 1.165) is 24.4 Å². The molecule has 0 bridgehead atoms. The lowest BCUT2D eigenvalue weighted by Crippen LogP contribution is -2.32. The Balaban J connectivity index is 1.51. The van der Waals surface area contributed by atoms with E-state index < -0.39 is 0 Å². The fourth-order valence-electron chi connectivity index (χ4n) is 3.65. The van der Waals surface area contributed by atoms with Crippen molar-refractivity contribution in [2.75, 3.05) is 27.9 Å². The number of carbonyl (C=O) groups is 1. The van der Waals surface area contributed by atoms with Crippen molar-refractivity contribution in [3.8, 4) is 22.9 Å². The van der Waals surface area contributed by atoms with Gasteiger partial charge >= 0.3 is 5.69 Å². The molecule has 9 nitrogen and oxygen atoms in total. The SMILES string of the molecule is COc1ccc(C(=O)NCCn2nc(C3CC3)n(-c3ccccc3)c2=O)c(OC)c1OC. The molecule has 1 fully saturated rings. The summed E-state index contributed by atoms with van der Waals surface area (Å²) in [6, 6.07) is 12.7. The smallest absolute Gasteiger partial charge is 0.350 e. The first-order valence-corrected chi connectivity index (χ1v) is 10.4. The molecular weight excluding hydrogens is 412 g/mol. The lowest BCUT2D eigenvalue weighted by Gasteiger charge is -2.15. The van der Waals surface area contributed by atoms with Crippen molar-refractivity contribution in [3.05, 3.63) is 64.3 Å². The number of benzene rings is 2. The van der Waals surface area contributed by atoms with Crippen molar-refractivity contribution in [3.63, 3.8) is 0 Å². The highest BCUT2D eigenvalue weighted by molar-refractivity contribution is 5.98. The summed E-state index contributed by atoms with van der Waals surface area (Å²) in [7, 11) is 4.46. The molecule has 0 unspecified atom stereocenters. The Morgan fingerprint density at radius 3 is 2.38 bits per heavy atom. The van der Waals surface area contributed by atoms with E-state index in [1.54, 1.807) is 16.7 Å².